The van der Waals surface area contributed by atoms with Crippen molar-refractivity contribution < 1.29 is 14.3 Å². The highest BCUT2D eigenvalue weighted by Gasteiger charge is 2.27. The molecular weight excluding hydrogens is 365 g/mol. The van der Waals surface area contributed by atoms with Crippen LogP contribution >= 0.6 is 23.2 Å². The molecule has 0 aliphatic carbocycles. The number of amides is 1. The molecule has 0 radical (unpaired) electrons. The zero-order chi connectivity index (χ0) is 18.6. The normalized spacial score (nSPS) is 15.3. The molecule has 0 bridgehead atoms. The summed E-state index contributed by atoms with van der Waals surface area (Å²) in [7, 11) is 0. The van der Waals surface area contributed by atoms with Gasteiger partial charge in [-0.15, -0.1) is 0 Å². The van der Waals surface area contributed by atoms with Crippen LogP contribution < -0.4 is 11.5 Å². The van der Waals surface area contributed by atoms with Crippen molar-refractivity contribution >= 4 is 35.1 Å². The van der Waals surface area contributed by atoms with E-state index in [0.29, 0.717) is 0 Å². The van der Waals surface area contributed by atoms with E-state index in [1.807, 2.05) is 0 Å². The van der Waals surface area contributed by atoms with Gasteiger partial charge in [0.2, 0.25) is 0 Å². The Morgan fingerprint density at radius 2 is 1.92 bits per heavy atom. The lowest BCUT2D eigenvalue weighted by molar-refractivity contribution is -0.144. The Morgan fingerprint density at radius 3 is 2.52 bits per heavy atom. The molecule has 1 aliphatic heterocycles. The Hall–Kier alpha value is -2.02. The second kappa shape index (κ2) is 8.38. The molecule has 8 heteroatoms. The van der Waals surface area contributed by atoms with E-state index in [2.05, 4.69) is 0 Å². The molecular formula is C17H19Cl2N3O3. The van der Waals surface area contributed by atoms with Gasteiger partial charge in [-0.1, -0.05) is 35.3 Å². The van der Waals surface area contributed by atoms with Crippen molar-refractivity contribution in [3.63, 3.8) is 0 Å². The second-order valence-electron chi connectivity index (χ2n) is 5.47. The number of ether oxygens (including phenoxy) is 1. The van der Waals surface area contributed by atoms with Crippen LogP contribution in [0.3, 0.4) is 0 Å². The van der Waals surface area contributed by atoms with Gasteiger partial charge in [-0.3, -0.25) is 14.5 Å². The van der Waals surface area contributed by atoms with Gasteiger partial charge < -0.3 is 16.2 Å². The standard InChI is InChI=1S/C17H19Cl2N3O3/c1-2-25-17(24)13(20)8-10-6-7-14(21)22(9-10)16(23)15-11(18)4-3-5-12(15)19/h3-7,13H,2,8-9,20-21H2,1H3. The van der Waals surface area contributed by atoms with Gasteiger partial charge in [-0.25, -0.2) is 0 Å². The third-order valence-electron chi connectivity index (χ3n) is 3.66. The molecule has 0 saturated carbocycles. The lowest BCUT2D eigenvalue weighted by atomic mass is 10.0. The summed E-state index contributed by atoms with van der Waals surface area (Å²) in [5.74, 6) is -0.646. The highest BCUT2D eigenvalue weighted by atomic mass is 35.5. The molecule has 1 aliphatic rings. The molecule has 0 saturated heterocycles. The molecule has 2 rings (SSSR count). The summed E-state index contributed by atoms with van der Waals surface area (Å²) in [6.45, 7) is 2.16. The number of esters is 1. The predicted molar refractivity (Wildman–Crippen MR) is 97.1 cm³/mol. The lowest BCUT2D eigenvalue weighted by Gasteiger charge is -2.28. The number of benzene rings is 1. The van der Waals surface area contributed by atoms with Gasteiger partial charge in [0.25, 0.3) is 5.91 Å². The predicted octanol–water partition coefficient (Wildman–Crippen LogP) is 2.46. The molecule has 1 aromatic rings. The molecule has 25 heavy (non-hydrogen) atoms. The van der Waals surface area contributed by atoms with Crippen LogP contribution in [0.1, 0.15) is 23.7 Å². The zero-order valence-electron chi connectivity index (χ0n) is 13.7. The summed E-state index contributed by atoms with van der Waals surface area (Å²) >= 11 is 12.2. The quantitative estimate of drug-likeness (QED) is 0.760. The number of hydrogen-bond donors (Lipinski definition) is 2. The van der Waals surface area contributed by atoms with Crippen molar-refractivity contribution in [2.24, 2.45) is 11.5 Å². The van der Waals surface area contributed by atoms with E-state index < -0.39 is 17.9 Å². The van der Waals surface area contributed by atoms with Crippen LogP contribution in [0.15, 0.2) is 41.7 Å². The van der Waals surface area contributed by atoms with Crippen LogP contribution in [0, 0.1) is 0 Å². The fraction of sp³-hybridized carbons (Fsp3) is 0.294. The smallest absolute Gasteiger partial charge is 0.323 e. The monoisotopic (exact) mass is 383 g/mol. The van der Waals surface area contributed by atoms with Crippen molar-refractivity contribution in [2.45, 2.75) is 19.4 Å². The number of nitrogens with zero attached hydrogens (tertiary/aromatic N) is 1. The van der Waals surface area contributed by atoms with Crippen molar-refractivity contribution in [1.82, 2.24) is 4.90 Å². The molecule has 6 nitrogen and oxygen atoms in total. The molecule has 1 amide bonds. The van der Waals surface area contributed by atoms with Gasteiger partial charge in [0.1, 0.15) is 11.9 Å². The van der Waals surface area contributed by atoms with Gasteiger partial charge >= 0.3 is 5.97 Å². The van der Waals surface area contributed by atoms with Crippen LogP contribution in [0.2, 0.25) is 10.0 Å². The summed E-state index contributed by atoms with van der Waals surface area (Å²) in [5.41, 5.74) is 12.7. The maximum Gasteiger partial charge on any atom is 0.323 e. The molecule has 1 aromatic carbocycles. The molecule has 0 fully saturated rings. The van der Waals surface area contributed by atoms with Crippen LogP contribution in [-0.4, -0.2) is 36.0 Å². The van der Waals surface area contributed by atoms with E-state index >= 15 is 0 Å². The number of allylic oxidation sites excluding steroid dienone is 2. The number of carbonyl (C=O) groups excluding carboxylic acids is 2. The molecule has 134 valence electrons. The van der Waals surface area contributed by atoms with Gasteiger partial charge in [0.15, 0.2) is 0 Å². The Bertz CT molecular complexity index is 726. The first-order valence-electron chi connectivity index (χ1n) is 7.68. The van der Waals surface area contributed by atoms with Crippen molar-refractivity contribution in [2.75, 3.05) is 13.2 Å². The maximum absolute atomic E-state index is 12.8. The van der Waals surface area contributed by atoms with Gasteiger partial charge in [0.05, 0.1) is 22.2 Å². The molecule has 4 N–H and O–H groups in total. The number of rotatable bonds is 5. The third kappa shape index (κ3) is 4.54. The number of nitrogens with two attached hydrogens (primary N) is 2. The first kappa shape index (κ1) is 19.3. The SMILES string of the molecule is CCOC(=O)C(N)CC1=CC=C(N)N(C(=O)c2c(Cl)cccc2Cl)C1. The Kier molecular flexibility index (Phi) is 6.47. The fourth-order valence-electron chi connectivity index (χ4n) is 2.41. The largest absolute Gasteiger partial charge is 0.465 e. The Labute approximate surface area is 156 Å². The lowest BCUT2D eigenvalue weighted by Crippen LogP contribution is -2.39. The summed E-state index contributed by atoms with van der Waals surface area (Å²) in [4.78, 5) is 25.8. The van der Waals surface area contributed by atoms with E-state index in [9.17, 15) is 9.59 Å². The van der Waals surface area contributed by atoms with Gasteiger partial charge in [-0.2, -0.15) is 0 Å². The zero-order valence-corrected chi connectivity index (χ0v) is 15.2. The molecule has 0 aromatic heterocycles. The van der Waals surface area contributed by atoms with E-state index in [-0.39, 0.29) is 41.0 Å². The van der Waals surface area contributed by atoms with Crippen LogP contribution in [0.4, 0.5) is 0 Å². The van der Waals surface area contributed by atoms with Crippen LogP contribution in [0.25, 0.3) is 0 Å². The van der Waals surface area contributed by atoms with Crippen LogP contribution in [0.5, 0.6) is 0 Å². The second-order valence-corrected chi connectivity index (χ2v) is 6.28. The van der Waals surface area contributed by atoms with Crippen LogP contribution in [-0.2, 0) is 9.53 Å². The van der Waals surface area contributed by atoms with Crippen molar-refractivity contribution in [3.05, 3.63) is 57.4 Å². The number of hydrogen-bond acceptors (Lipinski definition) is 5. The maximum atomic E-state index is 12.8. The first-order valence-corrected chi connectivity index (χ1v) is 8.44. The summed E-state index contributed by atoms with van der Waals surface area (Å²) in [6.07, 6.45) is 3.58. The molecule has 1 heterocycles. The van der Waals surface area contributed by atoms with Crippen molar-refractivity contribution in [3.8, 4) is 0 Å². The molecule has 0 spiro atoms. The number of halogens is 2. The molecule has 1 unspecified atom stereocenters. The highest BCUT2D eigenvalue weighted by Crippen LogP contribution is 2.28. The highest BCUT2D eigenvalue weighted by molar-refractivity contribution is 6.39. The van der Waals surface area contributed by atoms with Crippen molar-refractivity contribution in [1.29, 1.82) is 0 Å². The summed E-state index contributed by atoms with van der Waals surface area (Å²) < 4.78 is 4.89. The average Bonchev–Trinajstić information content (AvgIpc) is 2.56. The molecule has 1 atom stereocenters. The van der Waals surface area contributed by atoms with E-state index in [0.717, 1.165) is 5.57 Å². The number of carbonyl (C=O) groups is 2. The van der Waals surface area contributed by atoms with Gasteiger partial charge in [0, 0.05) is 6.54 Å². The van der Waals surface area contributed by atoms with E-state index in [1.54, 1.807) is 37.3 Å². The first-order chi connectivity index (χ1) is 11.8. The minimum atomic E-state index is -0.806. The minimum Gasteiger partial charge on any atom is -0.465 e. The van der Waals surface area contributed by atoms with E-state index in [4.69, 9.17) is 39.4 Å². The minimum absolute atomic E-state index is 0.179. The van der Waals surface area contributed by atoms with Gasteiger partial charge in [-0.05, 0) is 37.1 Å². The third-order valence-corrected chi connectivity index (χ3v) is 4.29. The fourth-order valence-corrected chi connectivity index (χ4v) is 2.97. The average molecular weight is 384 g/mol. The Morgan fingerprint density at radius 1 is 1.28 bits per heavy atom. The van der Waals surface area contributed by atoms with E-state index in [1.165, 1.54) is 4.90 Å². The Balaban J connectivity index is 2.17. The topological polar surface area (TPSA) is 98.7 Å². The summed E-state index contributed by atoms with van der Waals surface area (Å²) in [6, 6.07) is 4.01. The summed E-state index contributed by atoms with van der Waals surface area (Å²) in [5, 5.41) is 0.481.